The number of fused-ring (bicyclic) bond motifs is 1. The Balaban J connectivity index is 1.50. The number of nitrogens with zero attached hydrogens (tertiary/aromatic N) is 3. The van der Waals surface area contributed by atoms with Crippen molar-refractivity contribution in [2.45, 2.75) is 26.3 Å². The molecule has 0 radical (unpaired) electrons. The molecule has 0 bridgehead atoms. The summed E-state index contributed by atoms with van der Waals surface area (Å²) in [6.07, 6.45) is 3.05. The molecular formula is C25H31N3O4. The van der Waals surface area contributed by atoms with Crippen molar-refractivity contribution in [1.82, 2.24) is 14.5 Å². The highest BCUT2D eigenvalue weighted by Crippen LogP contribution is 2.31. The summed E-state index contributed by atoms with van der Waals surface area (Å²) in [6.45, 7) is 7.73. The molecule has 32 heavy (non-hydrogen) atoms. The molecule has 2 heterocycles. The Morgan fingerprint density at radius 1 is 1.06 bits per heavy atom. The first-order valence-corrected chi connectivity index (χ1v) is 11.2. The van der Waals surface area contributed by atoms with E-state index in [0.29, 0.717) is 30.2 Å². The second-order valence-electron chi connectivity index (χ2n) is 8.13. The number of aromatic nitrogens is 2. The average molecular weight is 438 g/mol. The fraction of sp³-hybridized carbons (Fsp3) is 0.440. The molecule has 3 aromatic rings. The van der Waals surface area contributed by atoms with E-state index in [-0.39, 0.29) is 5.56 Å². The van der Waals surface area contributed by atoms with Crippen LogP contribution in [0.15, 0.2) is 47.4 Å². The second kappa shape index (κ2) is 10.6. The summed E-state index contributed by atoms with van der Waals surface area (Å²) in [6, 6.07) is 12.1. The van der Waals surface area contributed by atoms with E-state index in [1.165, 1.54) is 17.3 Å². The van der Waals surface area contributed by atoms with Crippen molar-refractivity contribution in [3.8, 4) is 11.5 Å². The topological polar surface area (TPSA) is 65.8 Å². The highest BCUT2D eigenvalue weighted by Gasteiger charge is 2.13. The number of ether oxygens (including phenoxy) is 3. The van der Waals surface area contributed by atoms with Crippen molar-refractivity contribution in [2.75, 3.05) is 46.6 Å². The molecule has 0 saturated carbocycles. The number of benzene rings is 2. The highest BCUT2D eigenvalue weighted by molar-refractivity contribution is 5.79. The van der Waals surface area contributed by atoms with Gasteiger partial charge in [-0.2, -0.15) is 0 Å². The molecular weight excluding hydrogens is 406 g/mol. The van der Waals surface area contributed by atoms with Crippen LogP contribution < -0.4 is 15.0 Å². The van der Waals surface area contributed by atoms with Crippen LogP contribution in [0.25, 0.3) is 11.0 Å². The van der Waals surface area contributed by atoms with E-state index in [1.807, 2.05) is 12.1 Å². The minimum absolute atomic E-state index is 0.118. The van der Waals surface area contributed by atoms with Crippen LogP contribution in [0.1, 0.15) is 17.5 Å². The van der Waals surface area contributed by atoms with Gasteiger partial charge in [0, 0.05) is 38.3 Å². The lowest BCUT2D eigenvalue weighted by molar-refractivity contribution is 0.0357. The van der Waals surface area contributed by atoms with Crippen LogP contribution >= 0.6 is 0 Å². The third-order valence-electron chi connectivity index (χ3n) is 5.86. The highest BCUT2D eigenvalue weighted by atomic mass is 16.5. The molecule has 170 valence electrons. The number of morpholine rings is 1. The summed E-state index contributed by atoms with van der Waals surface area (Å²) in [4.78, 5) is 19.3. The van der Waals surface area contributed by atoms with Crippen molar-refractivity contribution in [2.24, 2.45) is 0 Å². The first-order chi connectivity index (χ1) is 15.6. The average Bonchev–Trinajstić information content (AvgIpc) is 2.82. The predicted octanol–water partition coefficient (Wildman–Crippen LogP) is 3.06. The Labute approximate surface area is 188 Å². The summed E-state index contributed by atoms with van der Waals surface area (Å²) in [7, 11) is 1.62. The molecule has 1 aliphatic rings. The van der Waals surface area contributed by atoms with E-state index in [1.54, 1.807) is 11.7 Å². The van der Waals surface area contributed by atoms with Crippen LogP contribution in [-0.4, -0.2) is 61.0 Å². The largest absolute Gasteiger partial charge is 0.493 e. The fourth-order valence-electron chi connectivity index (χ4n) is 3.96. The van der Waals surface area contributed by atoms with Crippen LogP contribution in [0.4, 0.5) is 0 Å². The first-order valence-electron chi connectivity index (χ1n) is 11.2. The lowest BCUT2D eigenvalue weighted by atomic mass is 10.1. The van der Waals surface area contributed by atoms with E-state index in [2.05, 4.69) is 41.1 Å². The van der Waals surface area contributed by atoms with Gasteiger partial charge in [0.15, 0.2) is 11.5 Å². The third-order valence-corrected chi connectivity index (χ3v) is 5.86. The van der Waals surface area contributed by atoms with E-state index < -0.39 is 0 Å². The minimum atomic E-state index is -0.118. The van der Waals surface area contributed by atoms with E-state index in [0.717, 1.165) is 51.2 Å². The van der Waals surface area contributed by atoms with Gasteiger partial charge < -0.3 is 18.8 Å². The zero-order valence-electron chi connectivity index (χ0n) is 18.9. The van der Waals surface area contributed by atoms with Gasteiger partial charge in [-0.1, -0.05) is 29.8 Å². The number of methoxy groups -OCH3 is 1. The van der Waals surface area contributed by atoms with E-state index in [9.17, 15) is 4.79 Å². The molecule has 7 nitrogen and oxygen atoms in total. The van der Waals surface area contributed by atoms with Crippen molar-refractivity contribution < 1.29 is 14.2 Å². The Hall–Kier alpha value is -2.90. The maximum absolute atomic E-state index is 12.6. The first kappa shape index (κ1) is 22.3. The smallest absolute Gasteiger partial charge is 0.269 e. The molecule has 0 aliphatic carbocycles. The fourth-order valence-corrected chi connectivity index (χ4v) is 3.96. The van der Waals surface area contributed by atoms with Gasteiger partial charge in [0.05, 0.1) is 44.2 Å². The number of hydrogen-bond acceptors (Lipinski definition) is 6. The summed E-state index contributed by atoms with van der Waals surface area (Å²) in [5, 5.41) is 0. The molecule has 0 unspecified atom stereocenters. The zero-order chi connectivity index (χ0) is 22.3. The van der Waals surface area contributed by atoms with Crippen molar-refractivity contribution >= 4 is 11.0 Å². The summed E-state index contributed by atoms with van der Waals surface area (Å²) < 4.78 is 18.8. The quantitative estimate of drug-likeness (QED) is 0.480. The number of aryl methyl sites for hydroxylation is 3. The summed E-state index contributed by atoms with van der Waals surface area (Å²) in [5.74, 6) is 1.26. The van der Waals surface area contributed by atoms with Gasteiger partial charge in [-0.05, 0) is 25.3 Å². The lowest BCUT2D eigenvalue weighted by Crippen LogP contribution is -2.37. The summed E-state index contributed by atoms with van der Waals surface area (Å²) in [5.41, 5.74) is 3.77. The molecule has 2 aromatic carbocycles. The maximum Gasteiger partial charge on any atom is 0.269 e. The zero-order valence-corrected chi connectivity index (χ0v) is 18.9. The molecule has 0 atom stereocenters. The van der Waals surface area contributed by atoms with Crippen LogP contribution in [0.2, 0.25) is 0 Å². The Morgan fingerprint density at radius 2 is 1.84 bits per heavy atom. The van der Waals surface area contributed by atoms with Gasteiger partial charge >= 0.3 is 0 Å². The molecule has 0 N–H and O–H groups in total. The van der Waals surface area contributed by atoms with Crippen LogP contribution in [-0.2, 0) is 17.7 Å². The number of hydrogen-bond donors (Lipinski definition) is 0. The van der Waals surface area contributed by atoms with Gasteiger partial charge in [-0.15, -0.1) is 0 Å². The van der Waals surface area contributed by atoms with Gasteiger partial charge in [0.2, 0.25) is 0 Å². The monoisotopic (exact) mass is 437 g/mol. The molecule has 0 amide bonds. The molecule has 7 heteroatoms. The van der Waals surface area contributed by atoms with Crippen LogP contribution in [0.3, 0.4) is 0 Å². The normalized spacial score (nSPS) is 14.6. The standard InChI is InChI=1S/C25H31N3O4/c1-19-4-6-20(7-5-19)8-10-28-22-17-24(23(30-2)16-21(22)26-18-25(28)29)32-13-3-9-27-11-14-31-15-12-27/h4-7,16-18H,3,8-15H2,1-2H3. The molecule has 0 spiro atoms. The van der Waals surface area contributed by atoms with Gasteiger partial charge in [-0.3, -0.25) is 9.69 Å². The van der Waals surface area contributed by atoms with Gasteiger partial charge in [0.1, 0.15) is 0 Å². The Morgan fingerprint density at radius 3 is 2.59 bits per heavy atom. The third kappa shape index (κ3) is 5.47. The van der Waals surface area contributed by atoms with E-state index in [4.69, 9.17) is 14.2 Å². The van der Waals surface area contributed by atoms with E-state index >= 15 is 0 Å². The Kier molecular flexibility index (Phi) is 7.39. The minimum Gasteiger partial charge on any atom is -0.493 e. The summed E-state index contributed by atoms with van der Waals surface area (Å²) >= 11 is 0. The Bertz CT molecular complexity index is 1090. The van der Waals surface area contributed by atoms with Crippen LogP contribution in [0.5, 0.6) is 11.5 Å². The molecule has 4 rings (SSSR count). The second-order valence-corrected chi connectivity index (χ2v) is 8.13. The predicted molar refractivity (Wildman–Crippen MR) is 125 cm³/mol. The molecule has 1 fully saturated rings. The molecule has 1 saturated heterocycles. The molecule has 1 aliphatic heterocycles. The van der Waals surface area contributed by atoms with Crippen molar-refractivity contribution in [1.29, 1.82) is 0 Å². The van der Waals surface area contributed by atoms with Crippen molar-refractivity contribution in [3.63, 3.8) is 0 Å². The molecule has 1 aromatic heterocycles. The number of rotatable bonds is 9. The lowest BCUT2D eigenvalue weighted by Gasteiger charge is -2.26. The SMILES string of the molecule is COc1cc2ncc(=O)n(CCc3ccc(C)cc3)c2cc1OCCCN1CCOCC1. The van der Waals surface area contributed by atoms with Gasteiger partial charge in [-0.25, -0.2) is 4.98 Å². The van der Waals surface area contributed by atoms with Gasteiger partial charge in [0.25, 0.3) is 5.56 Å². The van der Waals surface area contributed by atoms with Crippen LogP contribution in [0, 0.1) is 6.92 Å². The van der Waals surface area contributed by atoms with Crippen molar-refractivity contribution in [3.05, 3.63) is 64.1 Å². The maximum atomic E-state index is 12.6.